The molecule has 3 N–H and O–H groups in total. The molecule has 0 fully saturated rings. The molecule has 0 saturated carbocycles. The third-order valence-electron chi connectivity index (χ3n) is 1.83. The highest BCUT2D eigenvalue weighted by molar-refractivity contribution is 9.10. The van der Waals surface area contributed by atoms with Gasteiger partial charge in [-0.15, -0.1) is 12.4 Å². The molecule has 0 aliphatic rings. The van der Waals surface area contributed by atoms with E-state index in [0.717, 1.165) is 10.0 Å². The van der Waals surface area contributed by atoms with Crippen LogP contribution in [-0.4, -0.2) is 15.2 Å². The van der Waals surface area contributed by atoms with Crippen LogP contribution in [0.2, 0.25) is 0 Å². The Labute approximate surface area is 102 Å². The Morgan fingerprint density at radius 3 is 2.47 bits per heavy atom. The lowest BCUT2D eigenvalue weighted by Gasteiger charge is -1.94. The number of aromatic amines is 1. The van der Waals surface area contributed by atoms with Crippen molar-refractivity contribution in [2.45, 2.75) is 6.54 Å². The molecule has 2 rings (SSSR count). The summed E-state index contributed by atoms with van der Waals surface area (Å²) in [5.41, 5.74) is 6.40. The minimum absolute atomic E-state index is 0. The number of nitrogens with two attached hydrogens (primary N) is 1. The Hall–Kier alpha value is -0.910. The van der Waals surface area contributed by atoms with Gasteiger partial charge < -0.3 is 5.73 Å². The average Bonchev–Trinajstić information content (AvgIpc) is 2.67. The lowest BCUT2D eigenvalue weighted by molar-refractivity contribution is 0.917. The Morgan fingerprint density at radius 1 is 1.27 bits per heavy atom. The number of halogens is 2. The van der Waals surface area contributed by atoms with Gasteiger partial charge in [-0.3, -0.25) is 5.10 Å². The van der Waals surface area contributed by atoms with E-state index in [1.165, 1.54) is 0 Å². The fourth-order valence-electron chi connectivity index (χ4n) is 1.11. The van der Waals surface area contributed by atoms with Crippen molar-refractivity contribution in [1.82, 2.24) is 15.2 Å². The lowest BCUT2D eigenvalue weighted by atomic mass is 10.2. The van der Waals surface area contributed by atoms with Crippen LogP contribution < -0.4 is 5.73 Å². The first kappa shape index (κ1) is 12.2. The maximum atomic E-state index is 5.42. The van der Waals surface area contributed by atoms with E-state index in [4.69, 9.17) is 5.73 Å². The molecule has 0 radical (unpaired) electrons. The maximum Gasteiger partial charge on any atom is 0.181 e. The van der Waals surface area contributed by atoms with E-state index in [9.17, 15) is 0 Å². The highest BCUT2D eigenvalue weighted by Gasteiger charge is 2.03. The van der Waals surface area contributed by atoms with E-state index in [-0.39, 0.29) is 12.4 Å². The smallest absolute Gasteiger partial charge is 0.181 e. The van der Waals surface area contributed by atoms with Crippen molar-refractivity contribution in [2.24, 2.45) is 5.73 Å². The van der Waals surface area contributed by atoms with Crippen LogP contribution in [0, 0.1) is 0 Å². The van der Waals surface area contributed by atoms with Gasteiger partial charge in [-0.2, -0.15) is 5.10 Å². The summed E-state index contributed by atoms with van der Waals surface area (Å²) in [7, 11) is 0. The molecule has 1 heterocycles. The number of nitrogens with one attached hydrogen (secondary N) is 1. The predicted octanol–water partition coefficient (Wildman–Crippen LogP) is 2.11. The van der Waals surface area contributed by atoms with E-state index in [1.54, 1.807) is 0 Å². The number of nitrogens with zero attached hydrogens (tertiary/aromatic N) is 2. The maximum absolute atomic E-state index is 5.42. The first-order valence-electron chi connectivity index (χ1n) is 4.17. The normalized spacial score (nSPS) is 9.73. The molecule has 0 amide bonds. The highest BCUT2D eigenvalue weighted by Crippen LogP contribution is 2.17. The summed E-state index contributed by atoms with van der Waals surface area (Å²) >= 11 is 3.37. The van der Waals surface area contributed by atoms with Crippen LogP contribution >= 0.6 is 28.3 Å². The van der Waals surface area contributed by atoms with Crippen molar-refractivity contribution < 1.29 is 0 Å². The van der Waals surface area contributed by atoms with Gasteiger partial charge in [0.2, 0.25) is 0 Å². The number of benzene rings is 1. The Kier molecular flexibility index (Phi) is 4.26. The van der Waals surface area contributed by atoms with Crippen LogP contribution in [0.5, 0.6) is 0 Å². The zero-order valence-corrected chi connectivity index (χ0v) is 10.2. The summed E-state index contributed by atoms with van der Waals surface area (Å²) in [4.78, 5) is 4.22. The summed E-state index contributed by atoms with van der Waals surface area (Å²) in [6.07, 6.45) is 0. The molecular formula is C9H10BrClN4. The summed E-state index contributed by atoms with van der Waals surface area (Å²) in [5, 5.41) is 6.83. The standard InChI is InChI=1S/C9H9BrN4.ClH/c10-7-3-1-6(2-4-7)9-12-8(5-11)13-14-9;/h1-4H,5,11H2,(H,12,13,14);1H. The van der Waals surface area contributed by atoms with Crippen LogP contribution in [0.25, 0.3) is 11.4 Å². The topological polar surface area (TPSA) is 67.6 Å². The second kappa shape index (κ2) is 5.25. The molecule has 1 aromatic heterocycles. The van der Waals surface area contributed by atoms with Crippen molar-refractivity contribution >= 4 is 28.3 Å². The molecule has 0 bridgehead atoms. The summed E-state index contributed by atoms with van der Waals surface area (Å²) in [6, 6.07) is 7.81. The average molecular weight is 290 g/mol. The first-order chi connectivity index (χ1) is 6.79. The highest BCUT2D eigenvalue weighted by atomic mass is 79.9. The predicted molar refractivity (Wildman–Crippen MR) is 64.7 cm³/mol. The van der Waals surface area contributed by atoms with E-state index in [2.05, 4.69) is 31.1 Å². The molecule has 6 heteroatoms. The monoisotopic (exact) mass is 288 g/mol. The summed E-state index contributed by atoms with van der Waals surface area (Å²) < 4.78 is 1.04. The van der Waals surface area contributed by atoms with E-state index in [0.29, 0.717) is 18.2 Å². The van der Waals surface area contributed by atoms with Crippen molar-refractivity contribution in [3.05, 3.63) is 34.6 Å². The van der Waals surface area contributed by atoms with Crippen molar-refractivity contribution in [2.75, 3.05) is 0 Å². The summed E-state index contributed by atoms with van der Waals surface area (Å²) in [5.74, 6) is 1.38. The van der Waals surface area contributed by atoms with Gasteiger partial charge in [0.05, 0.1) is 6.54 Å². The first-order valence-corrected chi connectivity index (χ1v) is 4.96. The van der Waals surface area contributed by atoms with E-state index < -0.39 is 0 Å². The van der Waals surface area contributed by atoms with Gasteiger partial charge in [0.1, 0.15) is 5.82 Å². The molecule has 15 heavy (non-hydrogen) atoms. The van der Waals surface area contributed by atoms with Crippen molar-refractivity contribution in [3.63, 3.8) is 0 Å². The molecule has 1 aromatic carbocycles. The van der Waals surface area contributed by atoms with E-state index in [1.807, 2.05) is 24.3 Å². The van der Waals surface area contributed by atoms with Crippen LogP contribution in [-0.2, 0) is 6.54 Å². The van der Waals surface area contributed by atoms with Gasteiger partial charge in [0.15, 0.2) is 5.82 Å². The molecule has 0 aliphatic carbocycles. The van der Waals surface area contributed by atoms with E-state index >= 15 is 0 Å². The van der Waals surface area contributed by atoms with Gasteiger partial charge in [0, 0.05) is 10.0 Å². The number of rotatable bonds is 2. The summed E-state index contributed by atoms with van der Waals surface area (Å²) in [6.45, 7) is 0.379. The van der Waals surface area contributed by atoms with Crippen LogP contribution in [0.1, 0.15) is 5.82 Å². The fraction of sp³-hybridized carbons (Fsp3) is 0.111. The molecular weight excluding hydrogens is 279 g/mol. The Morgan fingerprint density at radius 2 is 1.93 bits per heavy atom. The largest absolute Gasteiger partial charge is 0.324 e. The fourth-order valence-corrected chi connectivity index (χ4v) is 1.38. The zero-order chi connectivity index (χ0) is 9.97. The molecule has 4 nitrogen and oxygen atoms in total. The molecule has 80 valence electrons. The minimum atomic E-state index is 0. The number of H-pyrrole nitrogens is 1. The number of hydrogen-bond acceptors (Lipinski definition) is 3. The molecule has 0 saturated heterocycles. The van der Waals surface area contributed by atoms with Gasteiger partial charge in [-0.05, 0) is 12.1 Å². The molecule has 0 atom stereocenters. The number of hydrogen-bond donors (Lipinski definition) is 2. The van der Waals surface area contributed by atoms with Gasteiger partial charge in [-0.25, -0.2) is 4.98 Å². The van der Waals surface area contributed by atoms with Crippen molar-refractivity contribution in [3.8, 4) is 11.4 Å². The Balaban J connectivity index is 0.00000112. The SMILES string of the molecule is Cl.NCc1nc(-c2ccc(Br)cc2)n[nH]1. The zero-order valence-electron chi connectivity index (χ0n) is 7.77. The van der Waals surface area contributed by atoms with Crippen LogP contribution in [0.4, 0.5) is 0 Å². The van der Waals surface area contributed by atoms with Crippen LogP contribution in [0.3, 0.4) is 0 Å². The van der Waals surface area contributed by atoms with Gasteiger partial charge in [0.25, 0.3) is 0 Å². The van der Waals surface area contributed by atoms with Gasteiger partial charge in [-0.1, -0.05) is 28.1 Å². The van der Waals surface area contributed by atoms with Gasteiger partial charge >= 0.3 is 0 Å². The van der Waals surface area contributed by atoms with Crippen molar-refractivity contribution in [1.29, 1.82) is 0 Å². The Bertz CT molecular complexity index is 426. The quantitative estimate of drug-likeness (QED) is 0.890. The minimum Gasteiger partial charge on any atom is -0.324 e. The second-order valence-corrected chi connectivity index (χ2v) is 3.73. The third-order valence-corrected chi connectivity index (χ3v) is 2.36. The third kappa shape index (κ3) is 2.77. The van der Waals surface area contributed by atoms with Crippen LogP contribution in [0.15, 0.2) is 28.7 Å². The molecule has 0 aliphatic heterocycles. The lowest BCUT2D eigenvalue weighted by Crippen LogP contribution is -1.97. The molecule has 0 unspecified atom stereocenters. The molecule has 2 aromatic rings. The second-order valence-electron chi connectivity index (χ2n) is 2.82. The number of aromatic nitrogens is 3. The molecule has 0 spiro atoms.